The number of hydrogen-bond acceptors (Lipinski definition) is 3. The molecule has 1 fully saturated rings. The summed E-state index contributed by atoms with van der Waals surface area (Å²) in [4.78, 5) is 2.20. The molecule has 0 radical (unpaired) electrons. The van der Waals surface area contributed by atoms with E-state index >= 15 is 0 Å². The Labute approximate surface area is 155 Å². The molecular formula is C20H22F4N2O. The van der Waals surface area contributed by atoms with Crippen LogP contribution in [0, 0.1) is 5.82 Å². The Hall–Kier alpha value is -2.28. The highest BCUT2D eigenvalue weighted by Gasteiger charge is 2.28. The van der Waals surface area contributed by atoms with Gasteiger partial charge in [-0.15, -0.1) is 0 Å². The number of hydrogen-bond donors (Lipinski definition) is 1. The Balaban J connectivity index is 1.55. The molecule has 0 unspecified atom stereocenters. The van der Waals surface area contributed by atoms with Crippen LogP contribution in [0.3, 0.4) is 0 Å². The summed E-state index contributed by atoms with van der Waals surface area (Å²) >= 11 is 0. The van der Waals surface area contributed by atoms with E-state index in [1.165, 1.54) is 18.2 Å². The minimum atomic E-state index is -4.35. The normalized spacial score (nSPS) is 14.6. The highest BCUT2D eigenvalue weighted by atomic mass is 19.4. The first-order valence-corrected chi connectivity index (χ1v) is 8.94. The van der Waals surface area contributed by atoms with Gasteiger partial charge in [0.15, 0.2) is 6.61 Å². The molecule has 1 N–H and O–H groups in total. The lowest BCUT2D eigenvalue weighted by Gasteiger charge is -2.22. The van der Waals surface area contributed by atoms with E-state index < -0.39 is 12.8 Å². The highest BCUT2D eigenvalue weighted by Crippen LogP contribution is 2.26. The smallest absolute Gasteiger partial charge is 0.422 e. The maximum atomic E-state index is 14.3. The molecule has 3 nitrogen and oxygen atoms in total. The molecular weight excluding hydrogens is 360 g/mol. The molecule has 0 aliphatic carbocycles. The molecule has 1 heterocycles. The minimum Gasteiger partial charge on any atom is -0.484 e. The largest absolute Gasteiger partial charge is 0.484 e. The van der Waals surface area contributed by atoms with E-state index in [-0.39, 0.29) is 11.6 Å². The second kappa shape index (κ2) is 8.61. The number of rotatable bonds is 7. The van der Waals surface area contributed by atoms with Crippen LogP contribution in [0.1, 0.15) is 24.0 Å². The Bertz CT molecular complexity index is 741. The average molecular weight is 382 g/mol. The van der Waals surface area contributed by atoms with Crippen molar-refractivity contribution < 1.29 is 22.3 Å². The fraction of sp³-hybridized carbons (Fsp3) is 0.400. The number of alkyl halides is 3. The van der Waals surface area contributed by atoms with Crippen LogP contribution in [-0.4, -0.2) is 25.9 Å². The van der Waals surface area contributed by atoms with Gasteiger partial charge < -0.3 is 15.0 Å². The Morgan fingerprint density at radius 2 is 1.67 bits per heavy atom. The molecule has 2 aromatic rings. The van der Waals surface area contributed by atoms with Gasteiger partial charge in [0, 0.05) is 37.4 Å². The van der Waals surface area contributed by atoms with E-state index in [0.29, 0.717) is 18.7 Å². The van der Waals surface area contributed by atoms with E-state index in [2.05, 4.69) is 15.0 Å². The standard InChI is InChI=1S/C20H22F4N2O/c21-18-4-3-5-19(26-10-1-2-11-26)17(18)13-25-12-15-6-8-16(9-7-15)27-14-20(22,23)24/h3-9,25H,1-2,10-14H2. The quantitative estimate of drug-likeness (QED) is 0.705. The molecule has 0 aromatic heterocycles. The third-order valence-electron chi connectivity index (χ3n) is 4.50. The van der Waals surface area contributed by atoms with Crippen LogP contribution in [0.15, 0.2) is 42.5 Å². The summed E-state index contributed by atoms with van der Waals surface area (Å²) < 4.78 is 55.4. The van der Waals surface area contributed by atoms with Gasteiger partial charge in [0.1, 0.15) is 11.6 Å². The summed E-state index contributed by atoms with van der Waals surface area (Å²) in [5, 5.41) is 3.21. The van der Waals surface area contributed by atoms with Gasteiger partial charge in [0.05, 0.1) is 0 Å². The molecule has 146 valence electrons. The lowest BCUT2D eigenvalue weighted by molar-refractivity contribution is -0.153. The van der Waals surface area contributed by atoms with Gasteiger partial charge >= 0.3 is 6.18 Å². The summed E-state index contributed by atoms with van der Waals surface area (Å²) in [6, 6.07) is 11.5. The number of benzene rings is 2. The van der Waals surface area contributed by atoms with Gasteiger partial charge in [-0.25, -0.2) is 4.39 Å². The second-order valence-electron chi connectivity index (χ2n) is 6.58. The zero-order valence-corrected chi connectivity index (χ0v) is 14.9. The average Bonchev–Trinajstić information content (AvgIpc) is 3.16. The van der Waals surface area contributed by atoms with Crippen LogP contribution in [0.5, 0.6) is 5.75 Å². The first-order valence-electron chi connectivity index (χ1n) is 8.94. The SMILES string of the molecule is Fc1cccc(N2CCCC2)c1CNCc1ccc(OCC(F)(F)F)cc1. The third-order valence-corrected chi connectivity index (χ3v) is 4.50. The number of nitrogens with zero attached hydrogens (tertiary/aromatic N) is 1. The van der Waals surface area contributed by atoms with Crippen molar-refractivity contribution in [2.45, 2.75) is 32.1 Å². The van der Waals surface area contributed by atoms with Crippen molar-refractivity contribution in [2.75, 3.05) is 24.6 Å². The first kappa shape index (κ1) is 19.5. The van der Waals surface area contributed by atoms with Crippen LogP contribution in [0.25, 0.3) is 0 Å². The van der Waals surface area contributed by atoms with Crippen LogP contribution in [0.4, 0.5) is 23.2 Å². The fourth-order valence-electron chi connectivity index (χ4n) is 3.18. The van der Waals surface area contributed by atoms with Crippen molar-refractivity contribution >= 4 is 5.69 Å². The molecule has 1 aliphatic heterocycles. The zero-order chi connectivity index (χ0) is 19.3. The monoisotopic (exact) mass is 382 g/mol. The zero-order valence-electron chi connectivity index (χ0n) is 14.9. The van der Waals surface area contributed by atoms with Crippen molar-refractivity contribution in [2.24, 2.45) is 0 Å². The fourth-order valence-corrected chi connectivity index (χ4v) is 3.18. The Morgan fingerprint density at radius 3 is 2.33 bits per heavy atom. The molecule has 3 rings (SSSR count). The van der Waals surface area contributed by atoms with Crippen LogP contribution < -0.4 is 15.0 Å². The van der Waals surface area contributed by atoms with Crippen molar-refractivity contribution in [3.05, 3.63) is 59.4 Å². The van der Waals surface area contributed by atoms with Crippen LogP contribution in [-0.2, 0) is 13.1 Å². The molecule has 1 saturated heterocycles. The van der Waals surface area contributed by atoms with Gasteiger partial charge in [-0.3, -0.25) is 0 Å². The summed E-state index contributed by atoms with van der Waals surface area (Å²) in [6.07, 6.45) is -2.12. The van der Waals surface area contributed by atoms with Crippen LogP contribution >= 0.6 is 0 Å². The van der Waals surface area contributed by atoms with E-state index in [0.717, 1.165) is 37.2 Å². The van der Waals surface area contributed by atoms with Gasteiger partial charge in [0.25, 0.3) is 0 Å². The lowest BCUT2D eigenvalue weighted by atomic mass is 10.1. The highest BCUT2D eigenvalue weighted by molar-refractivity contribution is 5.54. The van der Waals surface area contributed by atoms with Crippen molar-refractivity contribution in [3.63, 3.8) is 0 Å². The molecule has 27 heavy (non-hydrogen) atoms. The van der Waals surface area contributed by atoms with Gasteiger partial charge in [-0.05, 0) is 42.7 Å². The lowest BCUT2D eigenvalue weighted by Crippen LogP contribution is -2.22. The topological polar surface area (TPSA) is 24.5 Å². The Morgan fingerprint density at radius 1 is 0.963 bits per heavy atom. The molecule has 0 saturated carbocycles. The minimum absolute atomic E-state index is 0.168. The van der Waals surface area contributed by atoms with Crippen LogP contribution in [0.2, 0.25) is 0 Å². The summed E-state index contributed by atoms with van der Waals surface area (Å²) in [5.74, 6) is -0.0655. The van der Waals surface area contributed by atoms with E-state index in [1.54, 1.807) is 18.2 Å². The number of halogens is 4. The van der Waals surface area contributed by atoms with Gasteiger partial charge in [-0.1, -0.05) is 18.2 Å². The van der Waals surface area contributed by atoms with Crippen molar-refractivity contribution in [1.29, 1.82) is 0 Å². The predicted molar refractivity (Wildman–Crippen MR) is 96.4 cm³/mol. The number of nitrogens with one attached hydrogen (secondary N) is 1. The van der Waals surface area contributed by atoms with E-state index in [4.69, 9.17) is 0 Å². The van der Waals surface area contributed by atoms with E-state index in [9.17, 15) is 17.6 Å². The molecule has 0 spiro atoms. The molecule has 0 bridgehead atoms. The van der Waals surface area contributed by atoms with Crippen molar-refractivity contribution in [3.8, 4) is 5.75 Å². The first-order chi connectivity index (χ1) is 12.9. The maximum Gasteiger partial charge on any atom is 0.422 e. The van der Waals surface area contributed by atoms with Crippen molar-refractivity contribution in [1.82, 2.24) is 5.32 Å². The summed E-state index contributed by atoms with van der Waals surface area (Å²) in [6.45, 7) is 1.43. The summed E-state index contributed by atoms with van der Waals surface area (Å²) in [7, 11) is 0. The summed E-state index contributed by atoms with van der Waals surface area (Å²) in [5.41, 5.74) is 2.45. The van der Waals surface area contributed by atoms with E-state index in [1.807, 2.05) is 6.07 Å². The molecule has 1 aliphatic rings. The maximum absolute atomic E-state index is 14.3. The third kappa shape index (κ3) is 5.60. The molecule has 0 amide bonds. The predicted octanol–water partition coefficient (Wildman–Crippen LogP) is 4.66. The second-order valence-corrected chi connectivity index (χ2v) is 6.58. The van der Waals surface area contributed by atoms with Gasteiger partial charge in [0.2, 0.25) is 0 Å². The molecule has 2 aromatic carbocycles. The van der Waals surface area contributed by atoms with Gasteiger partial charge in [-0.2, -0.15) is 13.2 Å². The number of ether oxygens (including phenoxy) is 1. The molecule has 0 atom stereocenters. The number of anilines is 1. The Kier molecular flexibility index (Phi) is 6.21. The molecule has 7 heteroatoms.